The van der Waals surface area contributed by atoms with Crippen LogP contribution < -0.4 is 10.6 Å². The Bertz CT molecular complexity index is 415. The van der Waals surface area contributed by atoms with Crippen LogP contribution in [0.2, 0.25) is 0 Å². The van der Waals surface area contributed by atoms with Gasteiger partial charge < -0.3 is 10.6 Å². The van der Waals surface area contributed by atoms with Crippen molar-refractivity contribution in [3.05, 3.63) is 29.8 Å². The Kier molecular flexibility index (Phi) is 2.86. The van der Waals surface area contributed by atoms with Gasteiger partial charge in [-0.15, -0.1) is 0 Å². The van der Waals surface area contributed by atoms with E-state index in [1.807, 2.05) is 0 Å². The van der Waals surface area contributed by atoms with Crippen molar-refractivity contribution in [2.45, 2.75) is 32.6 Å². The van der Waals surface area contributed by atoms with Gasteiger partial charge in [-0.2, -0.15) is 0 Å². The van der Waals surface area contributed by atoms with E-state index in [1.54, 1.807) is 0 Å². The van der Waals surface area contributed by atoms with E-state index in [-0.39, 0.29) is 0 Å². The maximum atomic E-state index is 5.86. The van der Waals surface area contributed by atoms with Gasteiger partial charge in [0.2, 0.25) is 0 Å². The number of nitrogens with zero attached hydrogens (tertiary/aromatic N) is 1. The molecule has 1 aliphatic heterocycles. The van der Waals surface area contributed by atoms with Crippen LogP contribution in [0.3, 0.4) is 0 Å². The first kappa shape index (κ1) is 12.0. The lowest BCUT2D eigenvalue weighted by molar-refractivity contribution is 0.558. The van der Waals surface area contributed by atoms with Crippen molar-refractivity contribution in [2.75, 3.05) is 24.5 Å². The monoisotopic (exact) mass is 244 g/mol. The summed E-state index contributed by atoms with van der Waals surface area (Å²) in [5, 5.41) is 0. The number of hydrogen-bond donors (Lipinski definition) is 1. The zero-order valence-electron chi connectivity index (χ0n) is 11.5. The summed E-state index contributed by atoms with van der Waals surface area (Å²) in [5.74, 6) is 1.32. The molecule has 1 aliphatic carbocycles. The van der Waals surface area contributed by atoms with Crippen molar-refractivity contribution in [3.63, 3.8) is 0 Å². The summed E-state index contributed by atoms with van der Waals surface area (Å²) in [7, 11) is 0. The molecule has 0 amide bonds. The predicted octanol–water partition coefficient (Wildman–Crippen LogP) is 2.99. The number of hydrogen-bond acceptors (Lipinski definition) is 2. The highest BCUT2D eigenvalue weighted by molar-refractivity contribution is 5.50. The van der Waals surface area contributed by atoms with Gasteiger partial charge in [0.15, 0.2) is 0 Å². The highest BCUT2D eigenvalue weighted by Gasteiger charge is 2.57. The summed E-state index contributed by atoms with van der Waals surface area (Å²) in [4.78, 5) is 2.49. The zero-order valence-corrected chi connectivity index (χ0v) is 11.5. The molecule has 0 bridgehead atoms. The molecule has 2 atom stereocenters. The fourth-order valence-corrected chi connectivity index (χ4v) is 3.71. The van der Waals surface area contributed by atoms with Crippen LogP contribution in [0.15, 0.2) is 24.3 Å². The SMILES string of the molecule is CC1(C)[C@H](CN)[C@H]1c1ccc(N2CCCC2)cc1. The second-order valence-electron chi connectivity index (χ2n) is 6.43. The largest absolute Gasteiger partial charge is 0.372 e. The minimum Gasteiger partial charge on any atom is -0.372 e. The molecule has 0 spiro atoms. The first-order valence-electron chi connectivity index (χ1n) is 7.19. The normalized spacial score (nSPS) is 29.6. The van der Waals surface area contributed by atoms with Crippen LogP contribution in [-0.4, -0.2) is 19.6 Å². The molecule has 2 nitrogen and oxygen atoms in total. The molecule has 2 N–H and O–H groups in total. The van der Waals surface area contributed by atoms with E-state index in [9.17, 15) is 0 Å². The maximum Gasteiger partial charge on any atom is 0.0366 e. The van der Waals surface area contributed by atoms with E-state index < -0.39 is 0 Å². The topological polar surface area (TPSA) is 29.3 Å². The van der Waals surface area contributed by atoms with Crippen LogP contribution in [0.1, 0.15) is 38.2 Å². The van der Waals surface area contributed by atoms with Crippen molar-refractivity contribution < 1.29 is 0 Å². The van der Waals surface area contributed by atoms with Crippen molar-refractivity contribution in [1.29, 1.82) is 0 Å². The minimum atomic E-state index is 0.393. The van der Waals surface area contributed by atoms with Crippen LogP contribution in [0, 0.1) is 11.3 Å². The van der Waals surface area contributed by atoms with Crippen LogP contribution in [0.25, 0.3) is 0 Å². The van der Waals surface area contributed by atoms with Crippen LogP contribution in [0.4, 0.5) is 5.69 Å². The van der Waals surface area contributed by atoms with Gasteiger partial charge in [-0.1, -0.05) is 26.0 Å². The summed E-state index contributed by atoms with van der Waals surface area (Å²) >= 11 is 0. The lowest BCUT2D eigenvalue weighted by atomic mass is 10.0. The first-order valence-corrected chi connectivity index (χ1v) is 7.19. The fourth-order valence-electron chi connectivity index (χ4n) is 3.71. The first-order chi connectivity index (χ1) is 8.64. The quantitative estimate of drug-likeness (QED) is 0.885. The summed E-state index contributed by atoms with van der Waals surface area (Å²) in [6, 6.07) is 9.22. The van der Waals surface area contributed by atoms with Crippen molar-refractivity contribution in [2.24, 2.45) is 17.1 Å². The predicted molar refractivity (Wildman–Crippen MR) is 77.0 cm³/mol. The van der Waals surface area contributed by atoms with Crippen LogP contribution >= 0.6 is 0 Å². The Labute approximate surface area is 110 Å². The van der Waals surface area contributed by atoms with E-state index in [0.29, 0.717) is 17.3 Å². The highest BCUT2D eigenvalue weighted by Crippen LogP contribution is 2.63. The molecule has 0 unspecified atom stereocenters. The molecule has 1 heterocycles. The molecule has 3 rings (SSSR count). The molecule has 0 radical (unpaired) electrons. The van der Waals surface area contributed by atoms with E-state index >= 15 is 0 Å². The van der Waals surface area contributed by atoms with Gasteiger partial charge >= 0.3 is 0 Å². The van der Waals surface area contributed by atoms with E-state index in [4.69, 9.17) is 5.73 Å². The molecule has 18 heavy (non-hydrogen) atoms. The average molecular weight is 244 g/mol. The summed E-state index contributed by atoms with van der Waals surface area (Å²) in [5.41, 5.74) is 9.11. The van der Waals surface area contributed by atoms with Gasteiger partial charge in [-0.25, -0.2) is 0 Å². The highest BCUT2D eigenvalue weighted by atomic mass is 15.1. The van der Waals surface area contributed by atoms with Crippen molar-refractivity contribution in [1.82, 2.24) is 0 Å². The Morgan fingerprint density at radius 1 is 1.17 bits per heavy atom. The van der Waals surface area contributed by atoms with Crippen LogP contribution in [0.5, 0.6) is 0 Å². The Balaban J connectivity index is 1.76. The van der Waals surface area contributed by atoms with Gasteiger partial charge in [0.25, 0.3) is 0 Å². The Morgan fingerprint density at radius 2 is 1.78 bits per heavy atom. The molecule has 1 aromatic carbocycles. The zero-order chi connectivity index (χ0) is 12.8. The molecule has 2 fully saturated rings. The number of anilines is 1. The molecular formula is C16H24N2. The third-order valence-corrected chi connectivity index (χ3v) is 5.03. The van der Waals surface area contributed by atoms with E-state index in [2.05, 4.69) is 43.0 Å². The van der Waals surface area contributed by atoms with Crippen molar-refractivity contribution >= 4 is 5.69 Å². The molecule has 1 aromatic rings. The maximum absolute atomic E-state index is 5.86. The lowest BCUT2D eigenvalue weighted by Gasteiger charge is -2.17. The lowest BCUT2D eigenvalue weighted by Crippen LogP contribution is -2.17. The molecule has 98 valence electrons. The van der Waals surface area contributed by atoms with Gasteiger partial charge in [-0.3, -0.25) is 0 Å². The summed E-state index contributed by atoms with van der Waals surface area (Å²) in [6.07, 6.45) is 2.68. The smallest absolute Gasteiger partial charge is 0.0366 e. The van der Waals surface area contributed by atoms with Crippen LogP contribution in [-0.2, 0) is 0 Å². The summed E-state index contributed by atoms with van der Waals surface area (Å²) in [6.45, 7) is 7.93. The second kappa shape index (κ2) is 4.27. The molecule has 2 heteroatoms. The summed E-state index contributed by atoms with van der Waals surface area (Å²) < 4.78 is 0. The molecule has 0 aromatic heterocycles. The number of nitrogens with two attached hydrogens (primary N) is 1. The molecule has 1 saturated carbocycles. The molecule has 2 aliphatic rings. The third-order valence-electron chi connectivity index (χ3n) is 5.03. The Morgan fingerprint density at radius 3 is 2.28 bits per heavy atom. The number of rotatable bonds is 3. The standard InChI is InChI=1S/C16H24N2/c1-16(2)14(11-17)15(16)12-5-7-13(8-6-12)18-9-3-4-10-18/h5-8,14-15H,3-4,9-11,17H2,1-2H3/t14-,15-/m1/s1. The second-order valence-corrected chi connectivity index (χ2v) is 6.43. The average Bonchev–Trinajstić information content (AvgIpc) is 2.77. The van der Waals surface area contributed by atoms with E-state index in [0.717, 1.165) is 6.54 Å². The third kappa shape index (κ3) is 1.83. The van der Waals surface area contributed by atoms with Gasteiger partial charge in [0, 0.05) is 18.8 Å². The molecule has 1 saturated heterocycles. The fraction of sp³-hybridized carbons (Fsp3) is 0.625. The van der Waals surface area contributed by atoms with Gasteiger partial charge in [0.1, 0.15) is 0 Å². The minimum absolute atomic E-state index is 0.393. The number of benzene rings is 1. The van der Waals surface area contributed by atoms with E-state index in [1.165, 1.54) is 37.2 Å². The van der Waals surface area contributed by atoms with Gasteiger partial charge in [0.05, 0.1) is 0 Å². The Hall–Kier alpha value is -1.02. The molecular weight excluding hydrogens is 220 g/mol. The van der Waals surface area contributed by atoms with Crippen molar-refractivity contribution in [3.8, 4) is 0 Å². The van der Waals surface area contributed by atoms with Gasteiger partial charge in [-0.05, 0) is 54.3 Å².